The molecule has 0 bridgehead atoms. The topological polar surface area (TPSA) is 68.3 Å². The molecule has 5 nitrogen and oxygen atoms in total. The Labute approximate surface area is 162 Å². The molecule has 27 heavy (non-hydrogen) atoms. The number of carbonyl (C=O) groups is 2. The van der Waals surface area contributed by atoms with Crippen LogP contribution < -0.4 is 5.32 Å². The zero-order valence-corrected chi connectivity index (χ0v) is 16.0. The summed E-state index contributed by atoms with van der Waals surface area (Å²) in [5.41, 5.74) is 3.47. The molecule has 1 atom stereocenters. The lowest BCUT2D eigenvalue weighted by molar-refractivity contribution is -0.152. The van der Waals surface area contributed by atoms with Crippen LogP contribution in [0.15, 0.2) is 60.0 Å². The van der Waals surface area contributed by atoms with Crippen LogP contribution in [0.5, 0.6) is 0 Å². The second-order valence-corrected chi connectivity index (χ2v) is 7.04. The Hall–Kier alpha value is -2.99. The normalized spacial score (nSPS) is 11.6. The maximum Gasteiger partial charge on any atom is 0.312 e. The summed E-state index contributed by atoms with van der Waals surface area (Å²) in [6, 6.07) is 17.1. The number of hydrogen-bond acceptors (Lipinski definition) is 5. The highest BCUT2D eigenvalue weighted by atomic mass is 32.1. The second kappa shape index (κ2) is 8.60. The van der Waals surface area contributed by atoms with Crippen LogP contribution >= 0.6 is 11.3 Å². The number of ether oxygens (including phenoxy) is 1. The minimum atomic E-state index is -0.882. The van der Waals surface area contributed by atoms with Gasteiger partial charge in [0, 0.05) is 16.6 Å². The highest BCUT2D eigenvalue weighted by molar-refractivity contribution is 7.13. The van der Waals surface area contributed by atoms with E-state index < -0.39 is 12.1 Å². The maximum absolute atomic E-state index is 12.1. The van der Waals surface area contributed by atoms with Gasteiger partial charge in [-0.1, -0.05) is 42.0 Å². The molecule has 1 N–H and O–H groups in total. The highest BCUT2D eigenvalue weighted by Gasteiger charge is 2.19. The predicted octanol–water partition coefficient (Wildman–Crippen LogP) is 4.23. The van der Waals surface area contributed by atoms with Crippen molar-refractivity contribution in [2.24, 2.45) is 0 Å². The summed E-state index contributed by atoms with van der Waals surface area (Å²) in [5.74, 6) is -0.847. The number of amides is 1. The van der Waals surface area contributed by atoms with E-state index in [0.717, 1.165) is 16.1 Å². The van der Waals surface area contributed by atoms with E-state index in [9.17, 15) is 9.59 Å². The first-order valence-corrected chi connectivity index (χ1v) is 9.46. The lowest BCUT2D eigenvalue weighted by Gasteiger charge is -2.13. The number of anilines is 1. The van der Waals surface area contributed by atoms with Crippen LogP contribution in [0.25, 0.3) is 10.6 Å². The van der Waals surface area contributed by atoms with E-state index in [0.29, 0.717) is 11.4 Å². The van der Waals surface area contributed by atoms with E-state index >= 15 is 0 Å². The van der Waals surface area contributed by atoms with E-state index in [2.05, 4.69) is 16.4 Å². The summed E-state index contributed by atoms with van der Waals surface area (Å²) in [4.78, 5) is 28.8. The Bertz CT molecular complexity index is 937. The first-order chi connectivity index (χ1) is 13.0. The van der Waals surface area contributed by atoms with Gasteiger partial charge in [0.2, 0.25) is 0 Å². The molecule has 0 saturated carbocycles. The summed E-state index contributed by atoms with van der Waals surface area (Å²) in [6.45, 7) is 3.58. The number of carbonyl (C=O) groups excluding carboxylic acids is 2. The molecule has 2 aromatic carbocycles. The lowest BCUT2D eigenvalue weighted by atomic mass is 10.1. The molecule has 0 spiro atoms. The van der Waals surface area contributed by atoms with Crippen molar-refractivity contribution < 1.29 is 14.3 Å². The zero-order chi connectivity index (χ0) is 19.2. The number of rotatable bonds is 6. The van der Waals surface area contributed by atoms with Crippen molar-refractivity contribution in [3.05, 3.63) is 71.2 Å². The molecular weight excluding hydrogens is 360 g/mol. The number of hydrogen-bond donors (Lipinski definition) is 1. The SMILES string of the molecule is Cc1cccc(-c2nc(CC(=O)O[C@H](C)C(=O)Nc3ccccc3)cs2)c1. The van der Waals surface area contributed by atoms with Crippen LogP contribution in [0.4, 0.5) is 5.69 Å². The number of aromatic nitrogens is 1. The molecule has 0 fully saturated rings. The fourth-order valence-electron chi connectivity index (χ4n) is 2.50. The monoisotopic (exact) mass is 380 g/mol. The van der Waals surface area contributed by atoms with E-state index in [-0.39, 0.29) is 12.3 Å². The molecule has 1 amide bonds. The number of nitrogens with one attached hydrogen (secondary N) is 1. The largest absolute Gasteiger partial charge is 0.452 e. The third-order valence-electron chi connectivity index (χ3n) is 3.86. The van der Waals surface area contributed by atoms with Crippen molar-refractivity contribution >= 4 is 28.9 Å². The maximum atomic E-state index is 12.1. The number of esters is 1. The van der Waals surface area contributed by atoms with Gasteiger partial charge in [-0.2, -0.15) is 0 Å². The van der Waals surface area contributed by atoms with Gasteiger partial charge in [-0.05, 0) is 32.0 Å². The quantitative estimate of drug-likeness (QED) is 0.650. The molecule has 0 saturated heterocycles. The predicted molar refractivity (Wildman–Crippen MR) is 107 cm³/mol. The summed E-state index contributed by atoms with van der Waals surface area (Å²) in [7, 11) is 0. The first-order valence-electron chi connectivity index (χ1n) is 8.58. The molecule has 3 rings (SSSR count). The van der Waals surface area contributed by atoms with E-state index in [1.54, 1.807) is 19.1 Å². The van der Waals surface area contributed by atoms with Crippen molar-refractivity contribution in [3.63, 3.8) is 0 Å². The number of aryl methyl sites for hydroxylation is 1. The second-order valence-electron chi connectivity index (χ2n) is 6.18. The van der Waals surface area contributed by atoms with Crippen LogP contribution in [0.1, 0.15) is 18.2 Å². The lowest BCUT2D eigenvalue weighted by Crippen LogP contribution is -2.30. The van der Waals surface area contributed by atoms with E-state index in [1.807, 2.05) is 48.7 Å². The average molecular weight is 380 g/mol. The van der Waals surface area contributed by atoms with E-state index in [1.165, 1.54) is 11.3 Å². The van der Waals surface area contributed by atoms with Gasteiger partial charge in [-0.25, -0.2) is 4.98 Å². The standard InChI is InChI=1S/C21H20N2O3S/c1-14-7-6-8-16(11-14)21-23-18(13-27-21)12-19(24)26-15(2)20(25)22-17-9-4-3-5-10-17/h3-11,13,15H,12H2,1-2H3,(H,22,25)/t15-/m1/s1. The molecule has 6 heteroatoms. The van der Waals surface area contributed by atoms with Crippen LogP contribution in [0.2, 0.25) is 0 Å². The molecule has 0 radical (unpaired) electrons. The number of para-hydroxylation sites is 1. The number of thiazole rings is 1. The molecule has 3 aromatic rings. The van der Waals surface area contributed by atoms with Gasteiger partial charge in [0.1, 0.15) is 5.01 Å². The van der Waals surface area contributed by atoms with Gasteiger partial charge in [0.25, 0.3) is 5.91 Å². The minimum Gasteiger partial charge on any atom is -0.452 e. The van der Waals surface area contributed by atoms with Gasteiger partial charge in [-0.15, -0.1) is 11.3 Å². The molecule has 0 aliphatic rings. The van der Waals surface area contributed by atoms with Gasteiger partial charge in [0.05, 0.1) is 12.1 Å². The molecular formula is C21H20N2O3S. The van der Waals surface area contributed by atoms with Gasteiger partial charge in [0.15, 0.2) is 6.10 Å². The Morgan fingerprint density at radius 1 is 1.15 bits per heavy atom. The van der Waals surface area contributed by atoms with Crippen molar-refractivity contribution in [1.29, 1.82) is 0 Å². The Kier molecular flexibility index (Phi) is 5.98. The molecule has 138 valence electrons. The highest BCUT2D eigenvalue weighted by Crippen LogP contribution is 2.24. The zero-order valence-electron chi connectivity index (χ0n) is 15.1. The summed E-state index contributed by atoms with van der Waals surface area (Å²) >= 11 is 1.48. The summed E-state index contributed by atoms with van der Waals surface area (Å²) < 4.78 is 5.24. The van der Waals surface area contributed by atoms with Gasteiger partial charge >= 0.3 is 5.97 Å². The number of nitrogens with zero attached hydrogens (tertiary/aromatic N) is 1. The summed E-state index contributed by atoms with van der Waals surface area (Å²) in [5, 5.41) is 5.41. The Morgan fingerprint density at radius 3 is 2.67 bits per heavy atom. The fraction of sp³-hybridized carbons (Fsp3) is 0.190. The summed E-state index contributed by atoms with van der Waals surface area (Å²) in [6.07, 6.45) is -0.849. The van der Waals surface area contributed by atoms with Gasteiger partial charge < -0.3 is 10.1 Å². The Morgan fingerprint density at radius 2 is 1.93 bits per heavy atom. The number of benzene rings is 2. The first kappa shape index (κ1) is 18.8. The average Bonchev–Trinajstić information content (AvgIpc) is 3.11. The van der Waals surface area contributed by atoms with Crippen LogP contribution in [-0.4, -0.2) is 23.0 Å². The van der Waals surface area contributed by atoms with Crippen LogP contribution in [0, 0.1) is 6.92 Å². The Balaban J connectivity index is 1.55. The van der Waals surface area contributed by atoms with Crippen molar-refractivity contribution in [1.82, 2.24) is 4.98 Å². The minimum absolute atomic E-state index is 0.0330. The van der Waals surface area contributed by atoms with Crippen LogP contribution in [-0.2, 0) is 20.7 Å². The smallest absolute Gasteiger partial charge is 0.312 e. The third kappa shape index (κ3) is 5.24. The van der Waals surface area contributed by atoms with Gasteiger partial charge in [-0.3, -0.25) is 9.59 Å². The fourth-order valence-corrected chi connectivity index (χ4v) is 3.32. The molecule has 1 aromatic heterocycles. The molecule has 1 heterocycles. The molecule has 0 aliphatic heterocycles. The van der Waals surface area contributed by atoms with Crippen molar-refractivity contribution in [2.45, 2.75) is 26.4 Å². The van der Waals surface area contributed by atoms with E-state index in [4.69, 9.17) is 4.74 Å². The van der Waals surface area contributed by atoms with Crippen molar-refractivity contribution in [3.8, 4) is 10.6 Å². The molecule has 0 aliphatic carbocycles. The van der Waals surface area contributed by atoms with Crippen LogP contribution in [0.3, 0.4) is 0 Å². The third-order valence-corrected chi connectivity index (χ3v) is 4.80. The van der Waals surface area contributed by atoms with Crippen molar-refractivity contribution in [2.75, 3.05) is 5.32 Å². The molecule has 0 unspecified atom stereocenters.